The number of hydrogen-bond acceptors (Lipinski definition) is 5. The minimum absolute atomic E-state index is 0.0340. The minimum atomic E-state index is -0.0340. The fourth-order valence-corrected chi connectivity index (χ4v) is 4.76. The first-order valence-electron chi connectivity index (χ1n) is 8.83. The van der Waals surface area contributed by atoms with Crippen LogP contribution in [0.5, 0.6) is 0 Å². The zero-order valence-corrected chi connectivity index (χ0v) is 15.5. The van der Waals surface area contributed by atoms with Gasteiger partial charge in [-0.3, -0.25) is 4.90 Å². The molecule has 0 bridgehead atoms. The second-order valence-electron chi connectivity index (χ2n) is 6.97. The Morgan fingerprint density at radius 2 is 2.12 bits per heavy atom. The zero-order valence-electron chi connectivity index (χ0n) is 14.7. The quantitative estimate of drug-likeness (QED) is 0.882. The van der Waals surface area contributed by atoms with Crippen LogP contribution in [0.4, 0.5) is 4.79 Å². The first kappa shape index (κ1) is 17.6. The third-order valence-corrected chi connectivity index (χ3v) is 6.15. The van der Waals surface area contributed by atoms with Gasteiger partial charge >= 0.3 is 6.03 Å². The molecule has 2 aliphatic rings. The van der Waals surface area contributed by atoms with Crippen molar-refractivity contribution in [2.45, 2.75) is 44.7 Å². The van der Waals surface area contributed by atoms with E-state index in [9.17, 15) is 4.79 Å². The predicted octanol–water partition coefficient (Wildman–Crippen LogP) is 2.49. The molecule has 134 valence electrons. The van der Waals surface area contributed by atoms with Crippen molar-refractivity contribution in [3.63, 3.8) is 0 Å². The van der Waals surface area contributed by atoms with E-state index in [1.807, 2.05) is 24.8 Å². The lowest BCUT2D eigenvalue weighted by Crippen LogP contribution is -2.57. The molecule has 1 aromatic rings. The normalized spacial score (nSPS) is 20.9. The van der Waals surface area contributed by atoms with Gasteiger partial charge in [-0.15, -0.1) is 0 Å². The fraction of sp³-hybridized carbons (Fsp3) is 0.765. The third-order valence-electron chi connectivity index (χ3n) is 5.21. The van der Waals surface area contributed by atoms with Crippen LogP contribution in [-0.4, -0.2) is 64.7 Å². The number of carbonyl (C=O) groups excluding carboxylic acids is 1. The van der Waals surface area contributed by atoms with Gasteiger partial charge < -0.3 is 14.7 Å². The molecule has 6 nitrogen and oxygen atoms in total. The average Bonchev–Trinajstić information content (AvgIpc) is 3.23. The van der Waals surface area contributed by atoms with Gasteiger partial charge in [-0.05, 0) is 19.8 Å². The smallest absolute Gasteiger partial charge is 0.317 e. The maximum absolute atomic E-state index is 12.5. The molecule has 1 N–H and O–H groups in total. The molecular formula is C17H28N4O2S. The van der Waals surface area contributed by atoms with Gasteiger partial charge in [0, 0.05) is 49.8 Å². The van der Waals surface area contributed by atoms with E-state index in [4.69, 9.17) is 4.52 Å². The lowest BCUT2D eigenvalue weighted by Gasteiger charge is -2.43. The van der Waals surface area contributed by atoms with E-state index < -0.39 is 0 Å². The highest BCUT2D eigenvalue weighted by Gasteiger charge is 2.40. The second kappa shape index (κ2) is 7.78. The fourth-order valence-electron chi connectivity index (χ4n) is 3.86. The first-order chi connectivity index (χ1) is 11.6. The van der Waals surface area contributed by atoms with E-state index >= 15 is 0 Å². The first-order valence-corrected chi connectivity index (χ1v) is 9.98. The molecule has 2 amide bonds. The van der Waals surface area contributed by atoms with Crippen LogP contribution in [0, 0.1) is 6.92 Å². The van der Waals surface area contributed by atoms with Crippen LogP contribution in [-0.2, 0) is 6.54 Å². The van der Waals surface area contributed by atoms with Crippen LogP contribution >= 0.6 is 11.8 Å². The molecule has 1 aromatic heterocycles. The van der Waals surface area contributed by atoms with Gasteiger partial charge in [-0.1, -0.05) is 18.0 Å². The number of nitrogens with zero attached hydrogens (tertiary/aromatic N) is 3. The van der Waals surface area contributed by atoms with Crippen LogP contribution in [0.1, 0.15) is 37.1 Å². The molecule has 0 radical (unpaired) electrons. The molecule has 0 unspecified atom stereocenters. The Morgan fingerprint density at radius 1 is 1.42 bits per heavy atom. The summed E-state index contributed by atoms with van der Waals surface area (Å²) in [5.74, 6) is 3.19. The van der Waals surface area contributed by atoms with Gasteiger partial charge in [0.05, 0.1) is 6.54 Å². The SMILES string of the molecule is Cc1cc(CN(C)C(=O)NCC2(N3CCSCC3)CCCC2)no1. The van der Waals surface area contributed by atoms with Gasteiger partial charge in [-0.25, -0.2) is 4.79 Å². The standard InChI is InChI=1S/C17H28N4O2S/c1-14-11-15(19-23-14)12-20(2)16(22)18-13-17(5-3-4-6-17)21-7-9-24-10-8-21/h11H,3-10,12-13H2,1-2H3,(H,18,22). The maximum Gasteiger partial charge on any atom is 0.317 e. The van der Waals surface area contributed by atoms with E-state index in [2.05, 4.69) is 15.4 Å². The number of aryl methyl sites for hydroxylation is 1. The number of carbonyl (C=O) groups is 1. The van der Waals surface area contributed by atoms with E-state index in [1.54, 1.807) is 11.9 Å². The van der Waals surface area contributed by atoms with E-state index in [0.29, 0.717) is 6.54 Å². The summed E-state index contributed by atoms with van der Waals surface area (Å²) in [6, 6.07) is 1.83. The highest BCUT2D eigenvalue weighted by molar-refractivity contribution is 7.99. The number of urea groups is 1. The molecule has 2 heterocycles. The van der Waals surface area contributed by atoms with Crippen LogP contribution in [0.15, 0.2) is 10.6 Å². The predicted molar refractivity (Wildman–Crippen MR) is 96.2 cm³/mol. The molecule has 1 aliphatic carbocycles. The molecule has 3 rings (SSSR count). The Morgan fingerprint density at radius 3 is 2.75 bits per heavy atom. The van der Waals surface area contributed by atoms with Crippen molar-refractivity contribution in [2.75, 3.05) is 38.2 Å². The van der Waals surface area contributed by atoms with Gasteiger partial charge in [0.1, 0.15) is 11.5 Å². The molecule has 0 spiro atoms. The summed E-state index contributed by atoms with van der Waals surface area (Å²) in [6.45, 7) is 5.37. The molecule has 1 saturated carbocycles. The van der Waals surface area contributed by atoms with Crippen molar-refractivity contribution in [2.24, 2.45) is 0 Å². The van der Waals surface area contributed by atoms with Gasteiger partial charge in [0.25, 0.3) is 0 Å². The Kier molecular flexibility index (Phi) is 5.71. The van der Waals surface area contributed by atoms with Crippen LogP contribution < -0.4 is 5.32 Å². The Labute approximate surface area is 148 Å². The largest absolute Gasteiger partial charge is 0.361 e. The summed E-state index contributed by atoms with van der Waals surface area (Å²) >= 11 is 2.04. The average molecular weight is 353 g/mol. The lowest BCUT2D eigenvalue weighted by atomic mass is 9.94. The number of hydrogen-bond donors (Lipinski definition) is 1. The van der Waals surface area contributed by atoms with E-state index in [1.165, 1.54) is 37.2 Å². The second-order valence-corrected chi connectivity index (χ2v) is 8.20. The van der Waals surface area contributed by atoms with Gasteiger partial charge in [0.2, 0.25) is 0 Å². The molecule has 2 fully saturated rings. The maximum atomic E-state index is 12.5. The Hall–Kier alpha value is -1.21. The van der Waals surface area contributed by atoms with Crippen molar-refractivity contribution in [1.29, 1.82) is 0 Å². The molecule has 7 heteroatoms. The van der Waals surface area contributed by atoms with E-state index in [-0.39, 0.29) is 11.6 Å². The summed E-state index contributed by atoms with van der Waals surface area (Å²) in [7, 11) is 1.80. The van der Waals surface area contributed by atoms with E-state index in [0.717, 1.165) is 31.1 Å². The summed E-state index contributed by atoms with van der Waals surface area (Å²) in [4.78, 5) is 16.8. The number of amides is 2. The number of rotatable bonds is 5. The molecule has 24 heavy (non-hydrogen) atoms. The molecule has 1 aliphatic heterocycles. The zero-order chi connectivity index (χ0) is 17.0. The van der Waals surface area contributed by atoms with Crippen molar-refractivity contribution in [3.05, 3.63) is 17.5 Å². The van der Waals surface area contributed by atoms with Crippen LogP contribution in [0.25, 0.3) is 0 Å². The summed E-state index contributed by atoms with van der Waals surface area (Å²) in [5, 5.41) is 7.13. The Balaban J connectivity index is 1.54. The molecular weight excluding hydrogens is 324 g/mol. The molecule has 1 saturated heterocycles. The highest BCUT2D eigenvalue weighted by atomic mass is 32.2. The van der Waals surface area contributed by atoms with Gasteiger partial charge in [-0.2, -0.15) is 11.8 Å². The van der Waals surface area contributed by atoms with Crippen LogP contribution in [0.3, 0.4) is 0 Å². The molecule has 0 aromatic carbocycles. The van der Waals surface area contributed by atoms with Crippen molar-refractivity contribution in [1.82, 2.24) is 20.3 Å². The van der Waals surface area contributed by atoms with Crippen molar-refractivity contribution >= 4 is 17.8 Å². The topological polar surface area (TPSA) is 61.6 Å². The molecule has 0 atom stereocenters. The van der Waals surface area contributed by atoms with Gasteiger partial charge in [0.15, 0.2) is 0 Å². The lowest BCUT2D eigenvalue weighted by molar-refractivity contribution is 0.102. The van der Waals surface area contributed by atoms with Crippen LogP contribution in [0.2, 0.25) is 0 Å². The Bertz CT molecular complexity index is 551. The highest BCUT2D eigenvalue weighted by Crippen LogP contribution is 2.36. The van der Waals surface area contributed by atoms with Crippen molar-refractivity contribution in [3.8, 4) is 0 Å². The number of aromatic nitrogens is 1. The van der Waals surface area contributed by atoms with Crippen molar-refractivity contribution < 1.29 is 9.32 Å². The minimum Gasteiger partial charge on any atom is -0.361 e. The summed E-state index contributed by atoms with van der Waals surface area (Å²) in [6.07, 6.45) is 4.94. The number of thioether (sulfide) groups is 1. The summed E-state index contributed by atoms with van der Waals surface area (Å²) in [5.41, 5.74) is 0.955. The number of nitrogens with one attached hydrogen (secondary N) is 1. The monoisotopic (exact) mass is 352 g/mol. The summed E-state index contributed by atoms with van der Waals surface area (Å²) < 4.78 is 5.06. The third kappa shape index (κ3) is 4.06.